The molecule has 0 amide bonds. The predicted octanol–water partition coefficient (Wildman–Crippen LogP) is 0.564. The lowest BCUT2D eigenvalue weighted by Crippen LogP contribution is -2.16. The molecule has 0 spiro atoms. The highest BCUT2D eigenvalue weighted by molar-refractivity contribution is 6.28. The molecule has 0 aliphatic carbocycles. The maximum atomic E-state index is 5.66. The van der Waals surface area contributed by atoms with Crippen LogP contribution in [0, 0.1) is 0 Å². The summed E-state index contributed by atoms with van der Waals surface area (Å²) in [5.41, 5.74) is 11.2. The normalized spacial score (nSPS) is 15.5. The van der Waals surface area contributed by atoms with E-state index < -0.39 is 0 Å². The van der Waals surface area contributed by atoms with E-state index in [2.05, 4.69) is 15.0 Å². The van der Waals surface area contributed by atoms with Gasteiger partial charge in [-0.25, -0.2) is 15.0 Å². The van der Waals surface area contributed by atoms with Crippen LogP contribution in [-0.2, 0) is 0 Å². The Morgan fingerprint density at radius 1 is 1.00 bits per heavy atom. The molecule has 6 heteroatoms. The van der Waals surface area contributed by atoms with Crippen molar-refractivity contribution in [2.75, 3.05) is 0 Å². The first-order valence-corrected chi connectivity index (χ1v) is 4.31. The van der Waals surface area contributed by atoms with Gasteiger partial charge in [-0.3, -0.25) is 0 Å². The Bertz CT molecular complexity index is 273. The van der Waals surface area contributed by atoms with Crippen LogP contribution in [0.2, 0.25) is 5.28 Å². The zero-order valence-electron chi connectivity index (χ0n) is 7.53. The van der Waals surface area contributed by atoms with Gasteiger partial charge in [0.1, 0.15) is 11.6 Å². The molecule has 2 unspecified atom stereocenters. The van der Waals surface area contributed by atoms with Crippen molar-refractivity contribution in [2.24, 2.45) is 11.5 Å². The average Bonchev–Trinajstić information content (AvgIpc) is 2.03. The maximum Gasteiger partial charge on any atom is 0.225 e. The highest BCUT2D eigenvalue weighted by Crippen LogP contribution is 2.10. The van der Waals surface area contributed by atoms with Gasteiger partial charge in [0, 0.05) is 0 Å². The molecule has 0 aromatic carbocycles. The molecule has 0 fully saturated rings. The summed E-state index contributed by atoms with van der Waals surface area (Å²) in [5.74, 6) is 0.930. The fourth-order valence-corrected chi connectivity index (χ4v) is 0.962. The zero-order valence-corrected chi connectivity index (χ0v) is 8.28. The second-order valence-electron chi connectivity index (χ2n) is 2.90. The Morgan fingerprint density at radius 3 is 1.69 bits per heavy atom. The van der Waals surface area contributed by atoms with E-state index in [0.29, 0.717) is 11.6 Å². The predicted molar refractivity (Wildman–Crippen MR) is 50.0 cm³/mol. The van der Waals surface area contributed by atoms with E-state index in [1.807, 2.05) is 0 Å². The summed E-state index contributed by atoms with van der Waals surface area (Å²) in [6.45, 7) is 3.55. The minimum absolute atomic E-state index is 0.134. The van der Waals surface area contributed by atoms with Gasteiger partial charge in [0.05, 0.1) is 12.1 Å². The van der Waals surface area contributed by atoms with E-state index in [0.717, 1.165) is 0 Å². The molecule has 1 aromatic heterocycles. The molecule has 0 radical (unpaired) electrons. The first kappa shape index (κ1) is 10.3. The molecule has 0 saturated carbocycles. The fraction of sp³-hybridized carbons (Fsp3) is 0.571. The molecule has 72 valence electrons. The van der Waals surface area contributed by atoms with Crippen LogP contribution >= 0.6 is 11.6 Å². The van der Waals surface area contributed by atoms with Crippen molar-refractivity contribution < 1.29 is 0 Å². The Kier molecular flexibility index (Phi) is 3.13. The lowest BCUT2D eigenvalue weighted by Gasteiger charge is -2.08. The topological polar surface area (TPSA) is 90.7 Å². The fourth-order valence-electron chi connectivity index (χ4n) is 0.789. The Morgan fingerprint density at radius 2 is 1.38 bits per heavy atom. The summed E-state index contributed by atoms with van der Waals surface area (Å²) in [7, 11) is 0. The van der Waals surface area contributed by atoms with Gasteiger partial charge < -0.3 is 11.5 Å². The van der Waals surface area contributed by atoms with Crippen LogP contribution in [-0.4, -0.2) is 15.0 Å². The summed E-state index contributed by atoms with van der Waals surface area (Å²) < 4.78 is 0. The standard InChI is InChI=1S/C7H12ClN5/c1-3(9)5-11-6(4(2)10)13-7(8)12-5/h3-4H,9-10H2,1-2H3. The van der Waals surface area contributed by atoms with Gasteiger partial charge in [-0.2, -0.15) is 0 Å². The van der Waals surface area contributed by atoms with Crippen molar-refractivity contribution in [1.29, 1.82) is 0 Å². The van der Waals surface area contributed by atoms with Crippen molar-refractivity contribution in [1.82, 2.24) is 15.0 Å². The van der Waals surface area contributed by atoms with Crippen LogP contribution in [0.1, 0.15) is 37.6 Å². The van der Waals surface area contributed by atoms with Gasteiger partial charge in [-0.05, 0) is 25.4 Å². The van der Waals surface area contributed by atoms with Crippen LogP contribution in [0.4, 0.5) is 0 Å². The van der Waals surface area contributed by atoms with Gasteiger partial charge in [0.25, 0.3) is 0 Å². The third-order valence-electron chi connectivity index (χ3n) is 1.46. The van der Waals surface area contributed by atoms with Crippen molar-refractivity contribution in [3.63, 3.8) is 0 Å². The Balaban J connectivity index is 3.11. The number of hydrogen-bond donors (Lipinski definition) is 2. The Labute approximate surface area is 81.5 Å². The number of halogens is 1. The van der Waals surface area contributed by atoms with Crippen molar-refractivity contribution in [3.8, 4) is 0 Å². The van der Waals surface area contributed by atoms with Crippen LogP contribution in [0.25, 0.3) is 0 Å². The Hall–Kier alpha value is -0.780. The first-order valence-electron chi connectivity index (χ1n) is 3.93. The summed E-state index contributed by atoms with van der Waals surface area (Å²) in [5, 5.41) is 0.134. The summed E-state index contributed by atoms with van der Waals surface area (Å²) in [6.07, 6.45) is 0. The smallest absolute Gasteiger partial charge is 0.225 e. The van der Waals surface area contributed by atoms with Crippen LogP contribution in [0.3, 0.4) is 0 Å². The van der Waals surface area contributed by atoms with Crippen LogP contribution in [0.15, 0.2) is 0 Å². The van der Waals surface area contributed by atoms with Crippen molar-refractivity contribution >= 4 is 11.6 Å². The number of aromatic nitrogens is 3. The minimum atomic E-state index is -0.266. The largest absolute Gasteiger partial charge is 0.322 e. The number of rotatable bonds is 2. The molecular weight excluding hydrogens is 190 g/mol. The molecule has 4 N–H and O–H groups in total. The van der Waals surface area contributed by atoms with Gasteiger partial charge in [-0.1, -0.05) is 0 Å². The molecule has 2 atom stereocenters. The SMILES string of the molecule is CC(N)c1nc(Cl)nc(C(C)N)n1. The van der Waals surface area contributed by atoms with E-state index in [1.165, 1.54) is 0 Å². The van der Waals surface area contributed by atoms with E-state index in [9.17, 15) is 0 Å². The molecule has 0 aliphatic heterocycles. The second kappa shape index (κ2) is 3.95. The molecule has 0 bridgehead atoms. The van der Waals surface area contributed by atoms with E-state index >= 15 is 0 Å². The van der Waals surface area contributed by atoms with E-state index in [1.54, 1.807) is 13.8 Å². The lowest BCUT2D eigenvalue weighted by molar-refractivity contribution is 0.666. The quantitative estimate of drug-likeness (QED) is 0.730. The molecule has 5 nitrogen and oxygen atoms in total. The number of hydrogen-bond acceptors (Lipinski definition) is 5. The highest BCUT2D eigenvalue weighted by atomic mass is 35.5. The summed E-state index contributed by atoms with van der Waals surface area (Å²) in [4.78, 5) is 11.8. The monoisotopic (exact) mass is 201 g/mol. The zero-order chi connectivity index (χ0) is 10.0. The molecule has 1 rings (SSSR count). The van der Waals surface area contributed by atoms with Crippen molar-refractivity contribution in [3.05, 3.63) is 16.9 Å². The van der Waals surface area contributed by atoms with Gasteiger partial charge in [0.2, 0.25) is 5.28 Å². The van der Waals surface area contributed by atoms with E-state index in [-0.39, 0.29) is 17.4 Å². The van der Waals surface area contributed by atoms with Gasteiger partial charge in [0.15, 0.2) is 0 Å². The minimum Gasteiger partial charge on any atom is -0.322 e. The van der Waals surface area contributed by atoms with Gasteiger partial charge >= 0.3 is 0 Å². The van der Waals surface area contributed by atoms with Crippen LogP contribution in [0.5, 0.6) is 0 Å². The van der Waals surface area contributed by atoms with Crippen molar-refractivity contribution in [2.45, 2.75) is 25.9 Å². The maximum absolute atomic E-state index is 5.66. The van der Waals surface area contributed by atoms with Gasteiger partial charge in [-0.15, -0.1) is 0 Å². The lowest BCUT2D eigenvalue weighted by atomic mass is 10.3. The third-order valence-corrected chi connectivity index (χ3v) is 1.63. The second-order valence-corrected chi connectivity index (χ2v) is 3.24. The molecule has 1 aromatic rings. The molecule has 1 heterocycles. The molecule has 13 heavy (non-hydrogen) atoms. The molecular formula is C7H12ClN5. The number of nitrogens with two attached hydrogens (primary N) is 2. The van der Waals surface area contributed by atoms with Crippen LogP contribution < -0.4 is 11.5 Å². The molecule has 0 saturated heterocycles. The first-order chi connectivity index (χ1) is 6.00. The van der Waals surface area contributed by atoms with E-state index in [4.69, 9.17) is 23.1 Å². The summed E-state index contributed by atoms with van der Waals surface area (Å²) >= 11 is 5.66. The molecule has 0 aliphatic rings. The summed E-state index contributed by atoms with van der Waals surface area (Å²) in [6, 6.07) is -0.531. The number of nitrogens with zero attached hydrogens (tertiary/aromatic N) is 3. The highest BCUT2D eigenvalue weighted by Gasteiger charge is 2.10. The average molecular weight is 202 g/mol. The third kappa shape index (κ3) is 2.58.